The molecule has 0 saturated heterocycles. The number of hydrogen-bond donors (Lipinski definition) is 0. The maximum Gasteiger partial charge on any atom is 0.193 e. The van der Waals surface area contributed by atoms with E-state index in [1.165, 1.54) is 0 Å². The smallest absolute Gasteiger partial charge is 0.193 e. The normalized spacial score (nSPS) is 10.7. The Morgan fingerprint density at radius 3 is 2.89 bits per heavy atom. The average Bonchev–Trinajstić information content (AvgIpc) is 2.97. The quantitative estimate of drug-likeness (QED) is 0.676. The predicted octanol–water partition coefficient (Wildman–Crippen LogP) is 2.79. The Morgan fingerprint density at radius 1 is 1.33 bits per heavy atom. The van der Waals surface area contributed by atoms with Crippen LogP contribution in [0.3, 0.4) is 0 Å². The van der Waals surface area contributed by atoms with Crippen LogP contribution in [0.5, 0.6) is 5.75 Å². The summed E-state index contributed by atoms with van der Waals surface area (Å²) in [5.41, 5.74) is 1.53. The van der Waals surface area contributed by atoms with Crippen LogP contribution in [0.4, 0.5) is 0 Å². The Bertz CT molecular complexity index is 641. The van der Waals surface area contributed by atoms with Crippen molar-refractivity contribution in [3.63, 3.8) is 0 Å². The molecule has 18 heavy (non-hydrogen) atoms. The number of thiazole rings is 1. The standard InChI is InChI=1S/C13H10N2O2S/c16-8-10-1-3-12(4-2-10)17-9-11-7-15-5-6-18-13(15)14-11/h1-8H,9H2. The highest BCUT2D eigenvalue weighted by Gasteiger charge is 2.03. The van der Waals surface area contributed by atoms with Gasteiger partial charge in [0, 0.05) is 23.3 Å². The third-order valence-corrected chi connectivity index (χ3v) is 3.32. The van der Waals surface area contributed by atoms with Gasteiger partial charge in [0.05, 0.1) is 5.69 Å². The van der Waals surface area contributed by atoms with Crippen molar-refractivity contribution in [2.24, 2.45) is 0 Å². The first kappa shape index (κ1) is 11.0. The van der Waals surface area contributed by atoms with Gasteiger partial charge in [-0.1, -0.05) is 0 Å². The monoisotopic (exact) mass is 258 g/mol. The lowest BCUT2D eigenvalue weighted by molar-refractivity contribution is 0.112. The minimum Gasteiger partial charge on any atom is -0.487 e. The Kier molecular flexibility index (Phi) is 2.82. The minimum atomic E-state index is 0.425. The third kappa shape index (κ3) is 2.12. The summed E-state index contributed by atoms with van der Waals surface area (Å²) in [5, 5.41) is 1.99. The number of carbonyl (C=O) groups excluding carboxylic acids is 1. The van der Waals surface area contributed by atoms with Gasteiger partial charge < -0.3 is 4.74 Å². The van der Waals surface area contributed by atoms with Gasteiger partial charge in [-0.15, -0.1) is 11.3 Å². The molecule has 0 atom stereocenters. The lowest BCUT2D eigenvalue weighted by Crippen LogP contribution is -1.95. The molecule has 3 aromatic rings. The molecule has 2 heterocycles. The van der Waals surface area contributed by atoms with Gasteiger partial charge in [0.1, 0.15) is 18.6 Å². The summed E-state index contributed by atoms with van der Waals surface area (Å²) in [7, 11) is 0. The number of fused-ring (bicyclic) bond motifs is 1. The number of nitrogens with zero attached hydrogens (tertiary/aromatic N) is 2. The third-order valence-electron chi connectivity index (χ3n) is 2.55. The fraction of sp³-hybridized carbons (Fsp3) is 0.0769. The van der Waals surface area contributed by atoms with E-state index in [9.17, 15) is 4.79 Å². The zero-order chi connectivity index (χ0) is 12.4. The number of aldehydes is 1. The van der Waals surface area contributed by atoms with Gasteiger partial charge in [-0.2, -0.15) is 0 Å². The van der Waals surface area contributed by atoms with Gasteiger partial charge in [-0.05, 0) is 24.3 Å². The van der Waals surface area contributed by atoms with Crippen LogP contribution in [0.2, 0.25) is 0 Å². The van der Waals surface area contributed by atoms with E-state index in [0.717, 1.165) is 22.7 Å². The summed E-state index contributed by atoms with van der Waals surface area (Å²) in [6.07, 6.45) is 4.73. The number of ether oxygens (including phenoxy) is 1. The molecule has 0 radical (unpaired) electrons. The van der Waals surface area contributed by atoms with E-state index in [0.29, 0.717) is 12.2 Å². The molecule has 5 heteroatoms. The molecule has 4 nitrogen and oxygen atoms in total. The highest BCUT2D eigenvalue weighted by atomic mass is 32.1. The first-order chi connectivity index (χ1) is 8.85. The highest BCUT2D eigenvalue weighted by molar-refractivity contribution is 7.15. The van der Waals surface area contributed by atoms with Crippen LogP contribution in [0.25, 0.3) is 4.96 Å². The fourth-order valence-electron chi connectivity index (χ4n) is 1.65. The second-order valence-corrected chi connectivity index (χ2v) is 4.67. The summed E-state index contributed by atoms with van der Waals surface area (Å²) in [6, 6.07) is 7.02. The minimum absolute atomic E-state index is 0.425. The van der Waals surface area contributed by atoms with Gasteiger partial charge in [-0.3, -0.25) is 9.20 Å². The second kappa shape index (κ2) is 4.62. The fourth-order valence-corrected chi connectivity index (χ4v) is 2.36. The lowest BCUT2D eigenvalue weighted by atomic mass is 10.2. The van der Waals surface area contributed by atoms with Crippen molar-refractivity contribution in [3.05, 3.63) is 53.3 Å². The van der Waals surface area contributed by atoms with Crippen LogP contribution in [0, 0.1) is 0 Å². The molecule has 0 aliphatic carbocycles. The van der Waals surface area contributed by atoms with Crippen molar-refractivity contribution < 1.29 is 9.53 Å². The molecule has 0 amide bonds. The van der Waals surface area contributed by atoms with Crippen LogP contribution < -0.4 is 4.74 Å². The zero-order valence-corrected chi connectivity index (χ0v) is 10.3. The van der Waals surface area contributed by atoms with E-state index in [4.69, 9.17) is 4.74 Å². The van der Waals surface area contributed by atoms with Crippen LogP contribution in [-0.2, 0) is 6.61 Å². The molecule has 0 bridgehead atoms. The van der Waals surface area contributed by atoms with E-state index in [1.807, 2.05) is 22.2 Å². The Labute approximate surface area is 107 Å². The number of imidazole rings is 1. The molecule has 1 aromatic carbocycles. The molecular formula is C13H10N2O2S. The van der Waals surface area contributed by atoms with Gasteiger partial charge >= 0.3 is 0 Å². The summed E-state index contributed by atoms with van der Waals surface area (Å²) in [6.45, 7) is 0.425. The van der Waals surface area contributed by atoms with Crippen molar-refractivity contribution in [1.82, 2.24) is 9.38 Å². The summed E-state index contributed by atoms with van der Waals surface area (Å²) < 4.78 is 7.57. The van der Waals surface area contributed by atoms with Gasteiger partial charge in [0.25, 0.3) is 0 Å². The van der Waals surface area contributed by atoms with Crippen molar-refractivity contribution in [3.8, 4) is 5.75 Å². The molecule has 0 aliphatic heterocycles. The van der Waals surface area contributed by atoms with Crippen LogP contribution in [-0.4, -0.2) is 15.7 Å². The van der Waals surface area contributed by atoms with E-state index in [-0.39, 0.29) is 0 Å². The first-order valence-corrected chi connectivity index (χ1v) is 6.32. The first-order valence-electron chi connectivity index (χ1n) is 5.44. The van der Waals surface area contributed by atoms with Gasteiger partial charge in [0.2, 0.25) is 0 Å². The Hall–Kier alpha value is -2.14. The number of benzene rings is 1. The highest BCUT2D eigenvalue weighted by Crippen LogP contribution is 2.15. The maximum atomic E-state index is 10.5. The van der Waals surface area contributed by atoms with E-state index >= 15 is 0 Å². The van der Waals surface area contributed by atoms with Crippen molar-refractivity contribution >= 4 is 22.6 Å². The number of carbonyl (C=O) groups is 1. The van der Waals surface area contributed by atoms with Crippen molar-refractivity contribution in [2.45, 2.75) is 6.61 Å². The number of rotatable bonds is 4. The molecule has 2 aromatic heterocycles. The molecule has 0 fully saturated rings. The Morgan fingerprint density at radius 2 is 2.17 bits per heavy atom. The summed E-state index contributed by atoms with van der Waals surface area (Å²) in [5.74, 6) is 0.733. The second-order valence-electron chi connectivity index (χ2n) is 3.80. The van der Waals surface area contributed by atoms with Crippen LogP contribution in [0.1, 0.15) is 16.1 Å². The van der Waals surface area contributed by atoms with E-state index < -0.39 is 0 Å². The average molecular weight is 258 g/mol. The SMILES string of the molecule is O=Cc1ccc(OCc2cn3ccsc3n2)cc1. The lowest BCUT2D eigenvalue weighted by Gasteiger charge is -2.03. The summed E-state index contributed by atoms with van der Waals surface area (Å²) >= 11 is 1.59. The zero-order valence-electron chi connectivity index (χ0n) is 9.45. The topological polar surface area (TPSA) is 43.6 Å². The number of hydrogen-bond acceptors (Lipinski definition) is 4. The molecule has 0 N–H and O–H groups in total. The van der Waals surface area contributed by atoms with Crippen LogP contribution in [0.15, 0.2) is 42.0 Å². The maximum absolute atomic E-state index is 10.5. The van der Waals surface area contributed by atoms with Gasteiger partial charge in [0.15, 0.2) is 4.96 Å². The molecule has 0 spiro atoms. The molecular weight excluding hydrogens is 248 g/mol. The molecule has 3 rings (SSSR count). The molecule has 90 valence electrons. The van der Waals surface area contributed by atoms with Gasteiger partial charge in [-0.25, -0.2) is 4.98 Å². The molecule has 0 aliphatic rings. The molecule has 0 unspecified atom stereocenters. The van der Waals surface area contributed by atoms with Crippen molar-refractivity contribution in [1.29, 1.82) is 0 Å². The van der Waals surface area contributed by atoms with Crippen LogP contribution >= 0.6 is 11.3 Å². The van der Waals surface area contributed by atoms with E-state index in [2.05, 4.69) is 4.98 Å². The summed E-state index contributed by atoms with van der Waals surface area (Å²) in [4.78, 5) is 15.9. The molecule has 0 saturated carbocycles. The van der Waals surface area contributed by atoms with E-state index in [1.54, 1.807) is 35.6 Å². The van der Waals surface area contributed by atoms with Crippen molar-refractivity contribution in [2.75, 3.05) is 0 Å². The Balaban J connectivity index is 1.69. The predicted molar refractivity (Wildman–Crippen MR) is 69.2 cm³/mol. The number of aromatic nitrogens is 2. The largest absolute Gasteiger partial charge is 0.487 e.